The van der Waals surface area contributed by atoms with Gasteiger partial charge in [0.05, 0.1) is 5.52 Å². The zero-order valence-corrected chi connectivity index (χ0v) is 10.1. The first kappa shape index (κ1) is 10.7. The fraction of sp³-hybridized carbons (Fsp3) is 0.429. The first-order chi connectivity index (χ1) is 8.28. The second-order valence-corrected chi connectivity index (χ2v) is 4.80. The molecule has 2 aromatic rings. The van der Waals surface area contributed by atoms with Crippen molar-refractivity contribution < 1.29 is 5.11 Å². The lowest BCUT2D eigenvalue weighted by Crippen LogP contribution is -2.14. The van der Waals surface area contributed by atoms with Gasteiger partial charge in [0.25, 0.3) is 0 Å². The fourth-order valence-corrected chi connectivity index (χ4v) is 2.30. The molecule has 0 radical (unpaired) electrons. The summed E-state index contributed by atoms with van der Waals surface area (Å²) in [4.78, 5) is 0. The Bertz CT molecular complexity index is 540. The summed E-state index contributed by atoms with van der Waals surface area (Å²) in [5, 5.41) is 14.3. The number of aromatic hydroxyl groups is 1. The summed E-state index contributed by atoms with van der Waals surface area (Å²) in [6.07, 6.45) is 4.82. The van der Waals surface area contributed by atoms with E-state index in [-0.39, 0.29) is 0 Å². The van der Waals surface area contributed by atoms with Gasteiger partial charge in [-0.2, -0.15) is 0 Å². The molecule has 2 N–H and O–H groups in total. The van der Waals surface area contributed by atoms with E-state index in [0.29, 0.717) is 5.75 Å². The fourth-order valence-electron chi connectivity index (χ4n) is 2.30. The first-order valence-corrected chi connectivity index (χ1v) is 6.32. The third-order valence-corrected chi connectivity index (χ3v) is 3.45. The van der Waals surface area contributed by atoms with Crippen LogP contribution in [0.25, 0.3) is 10.9 Å². The van der Waals surface area contributed by atoms with Gasteiger partial charge >= 0.3 is 0 Å². The Kier molecular flexibility index (Phi) is 2.56. The largest absolute Gasteiger partial charge is 0.508 e. The van der Waals surface area contributed by atoms with Crippen LogP contribution in [0, 0.1) is 0 Å². The van der Waals surface area contributed by atoms with Crippen LogP contribution in [-0.4, -0.2) is 15.7 Å². The number of nitrogens with one attached hydrogen (secondary N) is 1. The highest BCUT2D eigenvalue weighted by molar-refractivity contribution is 5.85. The van der Waals surface area contributed by atoms with Crippen LogP contribution in [0.1, 0.15) is 25.3 Å². The van der Waals surface area contributed by atoms with Crippen molar-refractivity contribution in [3.05, 3.63) is 30.0 Å². The molecule has 1 aliphatic carbocycles. The summed E-state index contributed by atoms with van der Waals surface area (Å²) in [5.74, 6) is 0.340. The Morgan fingerprint density at radius 1 is 1.41 bits per heavy atom. The number of aromatic nitrogens is 1. The van der Waals surface area contributed by atoms with Crippen molar-refractivity contribution >= 4 is 10.9 Å². The van der Waals surface area contributed by atoms with Crippen LogP contribution >= 0.6 is 0 Å². The van der Waals surface area contributed by atoms with Crippen LogP contribution in [0.4, 0.5) is 0 Å². The predicted octanol–water partition coefficient (Wildman–Crippen LogP) is 2.62. The van der Waals surface area contributed by atoms with Crippen molar-refractivity contribution in [2.45, 2.75) is 38.9 Å². The normalized spacial score (nSPS) is 15.6. The average Bonchev–Trinajstić information content (AvgIpc) is 3.09. The lowest BCUT2D eigenvalue weighted by molar-refractivity contribution is 0.476. The standard InChI is InChI=1S/C14H18N2O/c1-2-16-9-10(8-15-11-3-4-11)13-6-5-12(17)7-14(13)16/h5-7,9,11,15,17H,2-4,8H2,1H3. The Morgan fingerprint density at radius 3 is 2.94 bits per heavy atom. The van der Waals surface area contributed by atoms with E-state index in [1.165, 1.54) is 23.8 Å². The molecule has 0 spiro atoms. The molecule has 0 unspecified atom stereocenters. The maximum absolute atomic E-state index is 9.56. The van der Waals surface area contributed by atoms with Gasteiger partial charge in [-0.05, 0) is 37.5 Å². The lowest BCUT2D eigenvalue weighted by atomic mass is 10.1. The van der Waals surface area contributed by atoms with E-state index in [1.807, 2.05) is 12.1 Å². The highest BCUT2D eigenvalue weighted by Crippen LogP contribution is 2.26. The molecule has 1 saturated carbocycles. The molecule has 0 amide bonds. The van der Waals surface area contributed by atoms with Gasteiger partial charge in [0.2, 0.25) is 0 Å². The van der Waals surface area contributed by atoms with Crippen molar-refractivity contribution in [1.82, 2.24) is 9.88 Å². The zero-order valence-electron chi connectivity index (χ0n) is 10.1. The van der Waals surface area contributed by atoms with Crippen LogP contribution in [0.15, 0.2) is 24.4 Å². The predicted molar refractivity (Wildman–Crippen MR) is 69.1 cm³/mol. The molecule has 0 aliphatic heterocycles. The van der Waals surface area contributed by atoms with E-state index in [0.717, 1.165) is 24.6 Å². The number of phenols is 1. The number of aryl methyl sites for hydroxylation is 1. The average molecular weight is 230 g/mol. The van der Waals surface area contributed by atoms with Crippen LogP contribution in [0.3, 0.4) is 0 Å². The van der Waals surface area contributed by atoms with Gasteiger partial charge in [-0.1, -0.05) is 0 Å². The van der Waals surface area contributed by atoms with E-state index in [2.05, 4.69) is 23.0 Å². The number of fused-ring (bicyclic) bond motifs is 1. The second-order valence-electron chi connectivity index (χ2n) is 4.80. The third kappa shape index (κ3) is 2.03. The molecule has 1 aromatic carbocycles. The van der Waals surface area contributed by atoms with E-state index in [1.54, 1.807) is 6.07 Å². The maximum Gasteiger partial charge on any atom is 0.117 e. The summed E-state index contributed by atoms with van der Waals surface area (Å²) in [6, 6.07) is 6.36. The van der Waals surface area contributed by atoms with Crippen LogP contribution in [0.2, 0.25) is 0 Å². The van der Waals surface area contributed by atoms with Crippen molar-refractivity contribution in [1.29, 1.82) is 0 Å². The number of phenolic OH excluding ortho intramolecular Hbond substituents is 1. The molecule has 17 heavy (non-hydrogen) atoms. The summed E-state index contributed by atoms with van der Waals surface area (Å²) < 4.78 is 2.19. The van der Waals surface area contributed by atoms with E-state index in [9.17, 15) is 5.11 Å². The van der Waals surface area contributed by atoms with Gasteiger partial charge in [-0.25, -0.2) is 0 Å². The van der Waals surface area contributed by atoms with Crippen molar-refractivity contribution in [2.24, 2.45) is 0 Å². The molecular formula is C14H18N2O. The highest BCUT2D eigenvalue weighted by Gasteiger charge is 2.20. The van der Waals surface area contributed by atoms with Crippen LogP contribution < -0.4 is 5.32 Å². The maximum atomic E-state index is 9.56. The SMILES string of the molecule is CCn1cc(CNC2CC2)c2ccc(O)cc21. The Labute approximate surface area is 101 Å². The molecule has 90 valence electrons. The van der Waals surface area contributed by atoms with Crippen LogP contribution in [-0.2, 0) is 13.1 Å². The number of benzene rings is 1. The Hall–Kier alpha value is -1.48. The minimum atomic E-state index is 0.340. The topological polar surface area (TPSA) is 37.2 Å². The molecule has 0 bridgehead atoms. The molecule has 0 atom stereocenters. The monoisotopic (exact) mass is 230 g/mol. The molecule has 1 heterocycles. The minimum Gasteiger partial charge on any atom is -0.508 e. The Morgan fingerprint density at radius 2 is 2.24 bits per heavy atom. The number of hydrogen-bond acceptors (Lipinski definition) is 2. The molecule has 3 nitrogen and oxygen atoms in total. The zero-order chi connectivity index (χ0) is 11.8. The van der Waals surface area contributed by atoms with Gasteiger partial charge < -0.3 is 15.0 Å². The molecule has 1 aliphatic rings. The molecular weight excluding hydrogens is 212 g/mol. The lowest BCUT2D eigenvalue weighted by Gasteiger charge is -2.01. The van der Waals surface area contributed by atoms with E-state index < -0.39 is 0 Å². The van der Waals surface area contributed by atoms with Crippen molar-refractivity contribution in [3.8, 4) is 5.75 Å². The minimum absolute atomic E-state index is 0.340. The van der Waals surface area contributed by atoms with Gasteiger partial charge in [-0.15, -0.1) is 0 Å². The molecule has 3 rings (SSSR count). The quantitative estimate of drug-likeness (QED) is 0.847. The summed E-state index contributed by atoms with van der Waals surface area (Å²) in [7, 11) is 0. The summed E-state index contributed by atoms with van der Waals surface area (Å²) in [5.41, 5.74) is 2.45. The molecule has 0 saturated heterocycles. The molecule has 3 heteroatoms. The third-order valence-electron chi connectivity index (χ3n) is 3.45. The number of nitrogens with zero attached hydrogens (tertiary/aromatic N) is 1. The second kappa shape index (κ2) is 4.08. The Balaban J connectivity index is 1.98. The van der Waals surface area contributed by atoms with Gasteiger partial charge in [0.15, 0.2) is 0 Å². The van der Waals surface area contributed by atoms with Crippen LogP contribution in [0.5, 0.6) is 5.75 Å². The summed E-state index contributed by atoms with van der Waals surface area (Å²) in [6.45, 7) is 3.99. The van der Waals surface area contributed by atoms with E-state index in [4.69, 9.17) is 0 Å². The highest BCUT2D eigenvalue weighted by atomic mass is 16.3. The van der Waals surface area contributed by atoms with Gasteiger partial charge in [-0.3, -0.25) is 0 Å². The number of rotatable bonds is 4. The van der Waals surface area contributed by atoms with Crippen molar-refractivity contribution in [3.63, 3.8) is 0 Å². The van der Waals surface area contributed by atoms with Gasteiger partial charge in [0.1, 0.15) is 5.75 Å². The molecule has 1 aromatic heterocycles. The first-order valence-electron chi connectivity index (χ1n) is 6.32. The smallest absolute Gasteiger partial charge is 0.117 e. The molecule has 1 fully saturated rings. The summed E-state index contributed by atoms with van der Waals surface area (Å²) >= 11 is 0. The van der Waals surface area contributed by atoms with Gasteiger partial charge in [0, 0.05) is 36.8 Å². The number of hydrogen-bond donors (Lipinski definition) is 2. The van der Waals surface area contributed by atoms with Crippen molar-refractivity contribution in [2.75, 3.05) is 0 Å². The van der Waals surface area contributed by atoms with E-state index >= 15 is 0 Å².